The molecule has 1 N–H and O–H groups in total. The summed E-state index contributed by atoms with van der Waals surface area (Å²) in [5.41, 5.74) is 3.38. The molecular weight excluding hydrogens is 802 g/mol. The van der Waals surface area contributed by atoms with Crippen LogP contribution in [0.1, 0.15) is 17.3 Å². The van der Waals surface area contributed by atoms with Crippen LogP contribution in [0, 0.1) is 0 Å². The van der Waals surface area contributed by atoms with E-state index in [9.17, 15) is 14.7 Å². The number of benzene rings is 2. The predicted molar refractivity (Wildman–Crippen MR) is 193 cm³/mol. The first-order valence-electron chi connectivity index (χ1n) is 16.3. The molecule has 2 aromatic carbocycles. The largest absolute Gasteiger partial charge is 3.00 e. The minimum atomic E-state index is -1.49. The van der Waals surface area contributed by atoms with Gasteiger partial charge in [0.25, 0.3) is 0 Å². The van der Waals surface area contributed by atoms with Gasteiger partial charge in [0.2, 0.25) is 11.4 Å². The number of piperazine rings is 1. The van der Waals surface area contributed by atoms with E-state index in [0.717, 1.165) is 69.8 Å². The van der Waals surface area contributed by atoms with E-state index in [0.29, 0.717) is 18.1 Å². The standard InChI is InChI=1S/C14H17N5O3.2C12H8N2.2ClH.Ru/c1-2-18-8-10(13(21)22)11(20)9-7-16-14(17-12(9)18)19-5-3-15-4-6-19;2*1-3-9-5-6-10-4-2-8-14-12(10)11(9)13-7-1;;;/h7-8,15H,2-6H2,1H3,(H,21,22);2*1-8H;2*1H;/q;;;;;+3/p-3. The van der Waals surface area contributed by atoms with Gasteiger partial charge in [-0.25, -0.2) is 4.98 Å². The van der Waals surface area contributed by atoms with E-state index in [1.807, 2.05) is 36.1 Å². The van der Waals surface area contributed by atoms with Crippen LogP contribution in [0.25, 0.3) is 54.6 Å². The van der Waals surface area contributed by atoms with Gasteiger partial charge in [-0.15, -0.1) is 0 Å². The Kier molecular flexibility index (Phi) is 14.2. The van der Waals surface area contributed by atoms with Crippen LogP contribution >= 0.6 is 0 Å². The van der Waals surface area contributed by atoms with Crippen LogP contribution in [0.15, 0.2) is 115 Å². The number of pyridine rings is 5. The molecule has 1 aliphatic rings. The number of nitrogens with one attached hydrogen (secondary N) is 1. The first kappa shape index (κ1) is 40.6. The van der Waals surface area contributed by atoms with Crippen LogP contribution in [-0.2, 0) is 26.0 Å². The number of anilines is 1. The zero-order valence-electron chi connectivity index (χ0n) is 28.3. The second-order valence-corrected chi connectivity index (χ2v) is 11.5. The molecule has 1 aliphatic heterocycles. The van der Waals surface area contributed by atoms with E-state index in [2.05, 4.69) is 83.8 Å². The molecular formula is C38H32Cl2N9O3Ru. The van der Waals surface area contributed by atoms with Gasteiger partial charge < -0.3 is 49.5 Å². The topological polar surface area (TPSA) is 155 Å². The van der Waals surface area contributed by atoms with Gasteiger partial charge in [0.1, 0.15) is 5.65 Å². The number of hydrogen-bond donors (Lipinski definition) is 1. The third kappa shape index (κ3) is 8.72. The van der Waals surface area contributed by atoms with E-state index in [4.69, 9.17) is 0 Å². The molecule has 0 spiro atoms. The fourth-order valence-electron chi connectivity index (χ4n) is 5.93. The summed E-state index contributed by atoms with van der Waals surface area (Å²) in [5, 5.41) is 19.1. The number of carbonyl (C=O) groups is 1. The maximum Gasteiger partial charge on any atom is 3.00 e. The van der Waals surface area contributed by atoms with Crippen molar-refractivity contribution in [3.63, 3.8) is 0 Å². The van der Waals surface area contributed by atoms with Crippen LogP contribution in [0.2, 0.25) is 0 Å². The van der Waals surface area contributed by atoms with Crippen molar-refractivity contribution in [2.24, 2.45) is 0 Å². The average molecular weight is 835 g/mol. The molecule has 9 rings (SSSR count). The number of hydrogen-bond acceptors (Lipinski definition) is 11. The number of aromatic carboxylic acids is 1. The molecule has 1 radical (unpaired) electrons. The zero-order valence-corrected chi connectivity index (χ0v) is 31.6. The fourth-order valence-corrected chi connectivity index (χ4v) is 5.93. The van der Waals surface area contributed by atoms with E-state index < -0.39 is 11.4 Å². The summed E-state index contributed by atoms with van der Waals surface area (Å²) in [5.74, 6) is -0.933. The van der Waals surface area contributed by atoms with Crippen molar-refractivity contribution in [3.05, 3.63) is 126 Å². The first-order chi connectivity index (χ1) is 24.5. The molecule has 53 heavy (non-hydrogen) atoms. The molecule has 0 unspecified atom stereocenters. The number of carboxylic acid groups (broad SMARTS) is 1. The van der Waals surface area contributed by atoms with E-state index in [-0.39, 0.29) is 55.2 Å². The zero-order chi connectivity index (χ0) is 34.5. The second kappa shape index (κ2) is 18.5. The number of fused-ring (bicyclic) bond motifs is 7. The summed E-state index contributed by atoms with van der Waals surface area (Å²) in [4.78, 5) is 51.4. The van der Waals surface area contributed by atoms with Crippen molar-refractivity contribution in [1.29, 1.82) is 0 Å². The Balaban J connectivity index is 0.000000179. The quantitative estimate of drug-likeness (QED) is 0.158. The van der Waals surface area contributed by atoms with Crippen molar-refractivity contribution in [2.75, 3.05) is 31.1 Å². The number of aromatic nitrogens is 7. The van der Waals surface area contributed by atoms with Gasteiger partial charge in [-0.05, 0) is 31.2 Å². The Morgan fingerprint density at radius 1 is 0.717 bits per heavy atom. The van der Waals surface area contributed by atoms with E-state index in [1.54, 1.807) is 29.4 Å². The molecule has 0 saturated carbocycles. The molecule has 1 fully saturated rings. The van der Waals surface area contributed by atoms with Crippen molar-refractivity contribution in [3.8, 4) is 0 Å². The van der Waals surface area contributed by atoms with Crippen molar-refractivity contribution in [1.82, 2.24) is 39.8 Å². The maximum atomic E-state index is 12.2. The Bertz CT molecular complexity index is 2350. The van der Waals surface area contributed by atoms with Crippen molar-refractivity contribution >= 4 is 66.6 Å². The Morgan fingerprint density at radius 3 is 1.55 bits per heavy atom. The molecule has 8 aromatic rings. The normalized spacial score (nSPS) is 12.1. The first-order valence-corrected chi connectivity index (χ1v) is 16.3. The van der Waals surface area contributed by atoms with Crippen LogP contribution in [0.5, 0.6) is 0 Å². The Labute approximate surface area is 329 Å². The maximum absolute atomic E-state index is 12.2. The van der Waals surface area contributed by atoms with Crippen molar-refractivity contribution in [2.45, 2.75) is 13.5 Å². The van der Waals surface area contributed by atoms with Gasteiger partial charge in [-0.2, -0.15) is 4.98 Å². The van der Waals surface area contributed by atoms with Crippen LogP contribution in [-0.4, -0.2) is 66.6 Å². The van der Waals surface area contributed by atoms with Gasteiger partial charge in [0.15, 0.2) is 0 Å². The Hall–Kier alpha value is -5.20. The average Bonchev–Trinajstić information content (AvgIpc) is 3.18. The van der Waals surface area contributed by atoms with Crippen LogP contribution in [0.3, 0.4) is 0 Å². The molecule has 0 aliphatic carbocycles. The molecule has 15 heteroatoms. The van der Waals surface area contributed by atoms with Gasteiger partial charge in [0, 0.05) is 91.4 Å². The SMILES string of the molecule is CCn1cc(C(=O)[O-])c(=O)c2cnc(N3CCNCC3)nc21.[Cl-].[Cl-].[Ru+3].c1cnc2c(c1)ccc1cccnc12.c1cnc2c(c1)ccc1cccnc12. The van der Waals surface area contributed by atoms with Crippen LogP contribution < -0.4 is 45.6 Å². The molecule has 0 bridgehead atoms. The smallest absolute Gasteiger partial charge is 1.00 e. The third-order valence-corrected chi connectivity index (χ3v) is 8.45. The minimum absolute atomic E-state index is 0. The van der Waals surface area contributed by atoms with Crippen LogP contribution in [0.4, 0.5) is 5.95 Å². The summed E-state index contributed by atoms with van der Waals surface area (Å²) >= 11 is 0. The molecule has 0 amide bonds. The number of carbonyl (C=O) groups excluding carboxylic acids is 1. The van der Waals surface area contributed by atoms with Gasteiger partial charge in [0.05, 0.1) is 39.0 Å². The molecule has 1 saturated heterocycles. The van der Waals surface area contributed by atoms with Gasteiger partial charge in [-0.3, -0.25) is 24.7 Å². The number of rotatable bonds is 3. The summed E-state index contributed by atoms with van der Waals surface area (Å²) in [6.45, 7) is 5.64. The number of carboxylic acids is 1. The summed E-state index contributed by atoms with van der Waals surface area (Å²) in [6, 6.07) is 24.3. The van der Waals surface area contributed by atoms with E-state index >= 15 is 0 Å². The predicted octanol–water partition coefficient (Wildman–Crippen LogP) is -1.84. The number of aryl methyl sites for hydroxylation is 1. The summed E-state index contributed by atoms with van der Waals surface area (Å²) < 4.78 is 1.63. The fraction of sp³-hybridized carbons (Fsp3) is 0.158. The molecule has 0 atom stereocenters. The molecule has 269 valence electrons. The third-order valence-electron chi connectivity index (χ3n) is 8.45. The number of halogens is 2. The molecule has 6 aromatic heterocycles. The monoisotopic (exact) mass is 834 g/mol. The van der Waals surface area contributed by atoms with Gasteiger partial charge >= 0.3 is 19.5 Å². The minimum Gasteiger partial charge on any atom is -1.00 e. The summed E-state index contributed by atoms with van der Waals surface area (Å²) in [7, 11) is 0. The Morgan fingerprint density at radius 2 is 1.15 bits per heavy atom. The summed E-state index contributed by atoms with van der Waals surface area (Å²) in [6.07, 6.45) is 9.90. The van der Waals surface area contributed by atoms with Crippen molar-refractivity contribution < 1.29 is 54.2 Å². The molecule has 7 heterocycles. The molecule has 12 nitrogen and oxygen atoms in total. The second-order valence-electron chi connectivity index (χ2n) is 11.5. The number of nitrogens with zero attached hydrogens (tertiary/aromatic N) is 8. The van der Waals surface area contributed by atoms with E-state index in [1.165, 1.54) is 12.4 Å². The van der Waals surface area contributed by atoms with Gasteiger partial charge in [-0.1, -0.05) is 48.5 Å².